The summed E-state index contributed by atoms with van der Waals surface area (Å²) >= 11 is 0. The van der Waals surface area contributed by atoms with Crippen LogP contribution < -0.4 is 0 Å². The Morgan fingerprint density at radius 3 is 3.07 bits per heavy atom. The van der Waals surface area contributed by atoms with Crippen LogP contribution in [0.25, 0.3) is 0 Å². The quantitative estimate of drug-likeness (QED) is 0.733. The molecule has 0 fully saturated rings. The van der Waals surface area contributed by atoms with Crippen LogP contribution in [0, 0.1) is 6.92 Å². The number of aryl methyl sites for hydroxylation is 2. The van der Waals surface area contributed by atoms with Crippen LogP contribution in [0.15, 0.2) is 6.07 Å². The van der Waals surface area contributed by atoms with Crippen molar-refractivity contribution in [1.82, 2.24) is 4.98 Å². The largest absolute Gasteiger partial charge is 0.372 e. The number of fused-ring (bicyclic) bond motifs is 1. The molecule has 0 saturated carbocycles. The van der Waals surface area contributed by atoms with Gasteiger partial charge in [0.2, 0.25) is 0 Å². The molecule has 1 aromatic rings. The smallest absolute Gasteiger partial charge is 0.0742 e. The summed E-state index contributed by atoms with van der Waals surface area (Å²) in [7, 11) is 0. The number of hydrogen-bond donors (Lipinski definition) is 0. The molecule has 0 amide bonds. The highest BCUT2D eigenvalue weighted by Gasteiger charge is 2.16. The van der Waals surface area contributed by atoms with E-state index in [0.717, 1.165) is 25.3 Å². The van der Waals surface area contributed by atoms with Crippen LogP contribution in [-0.2, 0) is 24.4 Å². The van der Waals surface area contributed by atoms with Gasteiger partial charge in [-0.1, -0.05) is 13.3 Å². The molecule has 2 nitrogen and oxygen atoms in total. The topological polar surface area (TPSA) is 22.1 Å². The number of nitrogens with zero attached hydrogens (tertiary/aromatic N) is 1. The SMILES string of the molecule is CCCCc1nc(C)cc2c1COC2. The van der Waals surface area contributed by atoms with E-state index in [-0.39, 0.29) is 0 Å². The average Bonchev–Trinajstić information content (AvgIpc) is 2.61. The molecule has 0 radical (unpaired) electrons. The molecule has 14 heavy (non-hydrogen) atoms. The van der Waals surface area contributed by atoms with E-state index >= 15 is 0 Å². The van der Waals surface area contributed by atoms with Gasteiger partial charge in [-0.2, -0.15) is 0 Å². The Hall–Kier alpha value is -0.890. The zero-order chi connectivity index (χ0) is 9.97. The molecule has 2 rings (SSSR count). The first-order valence-corrected chi connectivity index (χ1v) is 5.37. The van der Waals surface area contributed by atoms with E-state index in [1.165, 1.54) is 29.7 Å². The fourth-order valence-corrected chi connectivity index (χ4v) is 1.96. The van der Waals surface area contributed by atoms with Crippen molar-refractivity contribution in [2.24, 2.45) is 0 Å². The maximum Gasteiger partial charge on any atom is 0.0742 e. The monoisotopic (exact) mass is 191 g/mol. The second kappa shape index (κ2) is 4.09. The highest BCUT2D eigenvalue weighted by Crippen LogP contribution is 2.24. The fourth-order valence-electron chi connectivity index (χ4n) is 1.96. The molecule has 0 atom stereocenters. The molecule has 0 spiro atoms. The minimum absolute atomic E-state index is 0.766. The van der Waals surface area contributed by atoms with E-state index in [4.69, 9.17) is 4.74 Å². The first-order chi connectivity index (χ1) is 6.81. The zero-order valence-corrected chi connectivity index (χ0v) is 8.97. The van der Waals surface area contributed by atoms with Crippen LogP contribution in [-0.4, -0.2) is 4.98 Å². The minimum atomic E-state index is 0.766. The van der Waals surface area contributed by atoms with Gasteiger partial charge in [0, 0.05) is 17.0 Å². The van der Waals surface area contributed by atoms with Crippen molar-refractivity contribution in [3.63, 3.8) is 0 Å². The summed E-state index contributed by atoms with van der Waals surface area (Å²) in [5.74, 6) is 0. The Labute approximate surface area is 85.3 Å². The average molecular weight is 191 g/mol. The van der Waals surface area contributed by atoms with E-state index in [0.29, 0.717) is 0 Å². The third-order valence-electron chi connectivity index (χ3n) is 2.70. The summed E-state index contributed by atoms with van der Waals surface area (Å²) in [6.45, 7) is 5.82. The number of rotatable bonds is 3. The number of unbranched alkanes of at least 4 members (excludes halogenated alkanes) is 1. The lowest BCUT2D eigenvalue weighted by molar-refractivity contribution is 0.134. The van der Waals surface area contributed by atoms with Crippen molar-refractivity contribution in [3.8, 4) is 0 Å². The molecule has 0 aromatic carbocycles. The third kappa shape index (κ3) is 1.80. The van der Waals surface area contributed by atoms with Crippen LogP contribution in [0.1, 0.15) is 42.3 Å². The molecular weight excluding hydrogens is 174 g/mol. The first-order valence-electron chi connectivity index (χ1n) is 5.37. The zero-order valence-electron chi connectivity index (χ0n) is 8.97. The highest BCUT2D eigenvalue weighted by atomic mass is 16.5. The lowest BCUT2D eigenvalue weighted by atomic mass is 10.0. The van der Waals surface area contributed by atoms with Gasteiger partial charge in [-0.3, -0.25) is 4.98 Å². The summed E-state index contributed by atoms with van der Waals surface area (Å²) in [6, 6.07) is 2.15. The second-order valence-electron chi connectivity index (χ2n) is 3.94. The predicted octanol–water partition coefficient (Wildman–Crippen LogP) is 2.76. The molecule has 0 saturated heterocycles. The predicted molar refractivity (Wildman–Crippen MR) is 56.1 cm³/mol. The Bertz CT molecular complexity index is 333. The van der Waals surface area contributed by atoms with E-state index < -0.39 is 0 Å². The van der Waals surface area contributed by atoms with Crippen molar-refractivity contribution < 1.29 is 4.74 Å². The molecule has 1 aromatic heterocycles. The third-order valence-corrected chi connectivity index (χ3v) is 2.70. The molecule has 1 aliphatic rings. The van der Waals surface area contributed by atoms with Gasteiger partial charge in [-0.05, 0) is 31.4 Å². The maximum absolute atomic E-state index is 5.45. The van der Waals surface area contributed by atoms with Crippen LogP contribution in [0.5, 0.6) is 0 Å². The molecule has 2 heterocycles. The van der Waals surface area contributed by atoms with Gasteiger partial charge in [-0.25, -0.2) is 0 Å². The van der Waals surface area contributed by atoms with E-state index in [9.17, 15) is 0 Å². The van der Waals surface area contributed by atoms with Gasteiger partial charge in [-0.15, -0.1) is 0 Å². The fraction of sp³-hybridized carbons (Fsp3) is 0.583. The molecule has 0 unspecified atom stereocenters. The summed E-state index contributed by atoms with van der Waals surface area (Å²) in [5.41, 5.74) is 5.09. The van der Waals surface area contributed by atoms with E-state index in [1.807, 2.05) is 0 Å². The normalized spacial score (nSPS) is 14.4. The highest BCUT2D eigenvalue weighted by molar-refractivity contribution is 5.33. The van der Waals surface area contributed by atoms with Crippen molar-refractivity contribution in [3.05, 3.63) is 28.6 Å². The maximum atomic E-state index is 5.45. The molecule has 0 bridgehead atoms. The summed E-state index contributed by atoms with van der Waals surface area (Å²) in [4.78, 5) is 4.60. The van der Waals surface area contributed by atoms with E-state index in [2.05, 4.69) is 24.9 Å². The van der Waals surface area contributed by atoms with Gasteiger partial charge in [0.15, 0.2) is 0 Å². The summed E-state index contributed by atoms with van der Waals surface area (Å²) in [6.07, 6.45) is 3.55. The van der Waals surface area contributed by atoms with Crippen LogP contribution in [0.2, 0.25) is 0 Å². The Morgan fingerprint density at radius 2 is 2.29 bits per heavy atom. The number of ether oxygens (including phenoxy) is 1. The molecular formula is C12H17NO. The summed E-state index contributed by atoms with van der Waals surface area (Å²) in [5, 5.41) is 0. The molecule has 1 aliphatic heterocycles. The molecule has 2 heteroatoms. The Balaban J connectivity index is 2.29. The standard InChI is InChI=1S/C12H17NO/c1-3-4-5-12-11-8-14-7-10(11)6-9(2)13-12/h6H,3-5,7-8H2,1-2H3. The van der Waals surface area contributed by atoms with Gasteiger partial charge in [0.1, 0.15) is 0 Å². The van der Waals surface area contributed by atoms with Crippen molar-refractivity contribution in [2.75, 3.05) is 0 Å². The van der Waals surface area contributed by atoms with Crippen LogP contribution in [0.4, 0.5) is 0 Å². The molecule has 76 valence electrons. The second-order valence-corrected chi connectivity index (χ2v) is 3.94. The summed E-state index contributed by atoms with van der Waals surface area (Å²) < 4.78 is 5.45. The van der Waals surface area contributed by atoms with E-state index in [1.54, 1.807) is 0 Å². The minimum Gasteiger partial charge on any atom is -0.372 e. The van der Waals surface area contributed by atoms with Gasteiger partial charge >= 0.3 is 0 Å². The van der Waals surface area contributed by atoms with Crippen molar-refractivity contribution in [2.45, 2.75) is 46.3 Å². The van der Waals surface area contributed by atoms with Gasteiger partial charge in [0.25, 0.3) is 0 Å². The van der Waals surface area contributed by atoms with Crippen molar-refractivity contribution in [1.29, 1.82) is 0 Å². The molecule has 0 aliphatic carbocycles. The van der Waals surface area contributed by atoms with Gasteiger partial charge < -0.3 is 4.74 Å². The lowest BCUT2D eigenvalue weighted by Gasteiger charge is -2.06. The van der Waals surface area contributed by atoms with Crippen LogP contribution >= 0.6 is 0 Å². The van der Waals surface area contributed by atoms with Crippen LogP contribution in [0.3, 0.4) is 0 Å². The number of aromatic nitrogens is 1. The Kier molecular flexibility index (Phi) is 2.82. The Morgan fingerprint density at radius 1 is 1.43 bits per heavy atom. The number of hydrogen-bond acceptors (Lipinski definition) is 2. The molecule has 0 N–H and O–H groups in total. The lowest BCUT2D eigenvalue weighted by Crippen LogP contribution is -1.99. The first kappa shape index (κ1) is 9.66. The van der Waals surface area contributed by atoms with Gasteiger partial charge in [0.05, 0.1) is 13.2 Å². The van der Waals surface area contributed by atoms with Crippen molar-refractivity contribution >= 4 is 0 Å². The number of pyridine rings is 1.